The van der Waals surface area contributed by atoms with Crippen molar-refractivity contribution in [3.05, 3.63) is 29.3 Å². The fourth-order valence-electron chi connectivity index (χ4n) is 2.85. The van der Waals surface area contributed by atoms with E-state index in [4.69, 9.17) is 21.1 Å². The molecule has 0 unspecified atom stereocenters. The number of alkyl halides is 1. The summed E-state index contributed by atoms with van der Waals surface area (Å²) >= 11 is 5.96. The first kappa shape index (κ1) is 16.2. The summed E-state index contributed by atoms with van der Waals surface area (Å²) in [4.78, 5) is 16.2. The molecule has 2 heterocycles. The molecule has 1 aliphatic heterocycles. The van der Waals surface area contributed by atoms with Crippen LogP contribution in [0.1, 0.15) is 29.5 Å². The zero-order valence-electron chi connectivity index (χ0n) is 12.8. The number of hydrogen-bond acceptors (Lipinski definition) is 4. The maximum absolute atomic E-state index is 14.3. The number of ether oxygens (including phenoxy) is 2. The molecule has 1 saturated heterocycles. The molecule has 1 atom stereocenters. The molecule has 0 bridgehead atoms. The van der Waals surface area contributed by atoms with Gasteiger partial charge in [0, 0.05) is 19.1 Å². The number of carbonyl (C=O) groups excluding carboxylic acids is 1. The Balaban J connectivity index is 2.06. The van der Waals surface area contributed by atoms with E-state index in [0.717, 1.165) is 19.1 Å². The van der Waals surface area contributed by atoms with Gasteiger partial charge in [0.1, 0.15) is 11.3 Å². The van der Waals surface area contributed by atoms with Gasteiger partial charge in [-0.15, -0.1) is 11.6 Å². The van der Waals surface area contributed by atoms with Crippen molar-refractivity contribution in [3.8, 4) is 0 Å². The molecule has 1 aliphatic rings. The number of aromatic nitrogens is 2. The molecular formula is C16H18ClFN2O3. The van der Waals surface area contributed by atoms with Crippen molar-refractivity contribution in [1.29, 1.82) is 0 Å². The van der Waals surface area contributed by atoms with E-state index < -0.39 is 11.8 Å². The number of benzene rings is 1. The number of hydrogen-bond donors (Lipinski definition) is 0. The smallest absolute Gasteiger partial charge is 0.338 e. The molecule has 0 radical (unpaired) electrons. The van der Waals surface area contributed by atoms with Gasteiger partial charge < -0.3 is 14.0 Å². The van der Waals surface area contributed by atoms with E-state index in [2.05, 4.69) is 4.98 Å². The molecule has 0 saturated carbocycles. The molecule has 0 amide bonds. The van der Waals surface area contributed by atoms with Crippen LogP contribution in [0.5, 0.6) is 0 Å². The third-order valence-electron chi connectivity index (χ3n) is 3.98. The van der Waals surface area contributed by atoms with Gasteiger partial charge in [-0.1, -0.05) is 0 Å². The Kier molecular flexibility index (Phi) is 4.82. The maximum atomic E-state index is 14.3. The molecule has 0 spiro atoms. The SMILES string of the molecule is CCOC(=O)c1cc(F)c2nc(CCl)n(C[C@@H]3CCOC3)c2c1. The van der Waals surface area contributed by atoms with E-state index in [1.54, 1.807) is 13.0 Å². The monoisotopic (exact) mass is 340 g/mol. The van der Waals surface area contributed by atoms with Gasteiger partial charge in [-0.2, -0.15) is 0 Å². The zero-order valence-corrected chi connectivity index (χ0v) is 13.6. The van der Waals surface area contributed by atoms with Gasteiger partial charge in [-0.25, -0.2) is 14.2 Å². The highest BCUT2D eigenvalue weighted by Crippen LogP contribution is 2.26. The Morgan fingerprint density at radius 3 is 3.04 bits per heavy atom. The Morgan fingerprint density at radius 1 is 1.57 bits per heavy atom. The van der Waals surface area contributed by atoms with Crippen LogP contribution in [0, 0.1) is 11.7 Å². The zero-order chi connectivity index (χ0) is 16.4. The molecule has 0 N–H and O–H groups in total. The minimum Gasteiger partial charge on any atom is -0.462 e. The van der Waals surface area contributed by atoms with Crippen molar-refractivity contribution >= 4 is 28.6 Å². The summed E-state index contributed by atoms with van der Waals surface area (Å²) < 4.78 is 26.6. The summed E-state index contributed by atoms with van der Waals surface area (Å²) in [5, 5.41) is 0. The van der Waals surface area contributed by atoms with E-state index in [0.29, 0.717) is 30.4 Å². The van der Waals surface area contributed by atoms with E-state index in [-0.39, 0.29) is 23.6 Å². The van der Waals surface area contributed by atoms with Crippen molar-refractivity contribution in [2.24, 2.45) is 5.92 Å². The van der Waals surface area contributed by atoms with Gasteiger partial charge in [0.2, 0.25) is 0 Å². The Morgan fingerprint density at radius 2 is 2.39 bits per heavy atom. The molecule has 1 fully saturated rings. The van der Waals surface area contributed by atoms with Gasteiger partial charge in [0.25, 0.3) is 0 Å². The fraction of sp³-hybridized carbons (Fsp3) is 0.500. The van der Waals surface area contributed by atoms with Crippen LogP contribution < -0.4 is 0 Å². The molecular weight excluding hydrogens is 323 g/mol. The molecule has 3 rings (SSSR count). The molecule has 124 valence electrons. The van der Waals surface area contributed by atoms with Crippen molar-refractivity contribution < 1.29 is 18.7 Å². The molecule has 1 aromatic carbocycles. The minimum absolute atomic E-state index is 0.177. The predicted octanol–water partition coefficient (Wildman–Crippen LogP) is 3.13. The second-order valence-electron chi connectivity index (χ2n) is 5.55. The van der Waals surface area contributed by atoms with Crippen molar-refractivity contribution in [3.63, 3.8) is 0 Å². The molecule has 23 heavy (non-hydrogen) atoms. The molecule has 5 nitrogen and oxygen atoms in total. The second-order valence-corrected chi connectivity index (χ2v) is 5.82. The average Bonchev–Trinajstić information content (AvgIpc) is 3.16. The van der Waals surface area contributed by atoms with Crippen molar-refractivity contribution in [2.75, 3.05) is 19.8 Å². The molecule has 2 aromatic rings. The normalized spacial score (nSPS) is 17.8. The third kappa shape index (κ3) is 3.19. The summed E-state index contributed by atoms with van der Waals surface area (Å²) in [5.41, 5.74) is 0.977. The summed E-state index contributed by atoms with van der Waals surface area (Å²) in [6.07, 6.45) is 0.946. The van der Waals surface area contributed by atoms with Crippen LogP contribution >= 0.6 is 11.6 Å². The summed E-state index contributed by atoms with van der Waals surface area (Å²) in [5.74, 6) is 0.0179. The molecule has 0 aliphatic carbocycles. The maximum Gasteiger partial charge on any atom is 0.338 e. The Labute approximate surface area is 138 Å². The number of halogens is 2. The van der Waals surface area contributed by atoms with E-state index in [1.165, 1.54) is 0 Å². The van der Waals surface area contributed by atoms with Gasteiger partial charge in [-0.3, -0.25) is 0 Å². The van der Waals surface area contributed by atoms with E-state index in [1.807, 2.05) is 4.57 Å². The number of nitrogens with zero attached hydrogens (tertiary/aromatic N) is 2. The Bertz CT molecular complexity index is 726. The number of rotatable bonds is 5. The largest absolute Gasteiger partial charge is 0.462 e. The fourth-order valence-corrected chi connectivity index (χ4v) is 3.06. The lowest BCUT2D eigenvalue weighted by molar-refractivity contribution is 0.0526. The minimum atomic E-state index is -0.544. The lowest BCUT2D eigenvalue weighted by Crippen LogP contribution is -2.13. The van der Waals surface area contributed by atoms with Crippen LogP contribution in [0.25, 0.3) is 11.0 Å². The lowest BCUT2D eigenvalue weighted by atomic mass is 10.1. The standard InChI is InChI=1S/C16H18ClFN2O3/c1-2-23-16(21)11-5-12(18)15-13(6-11)20(14(7-17)19-15)8-10-3-4-22-9-10/h5-6,10H,2-4,7-9H2,1H3/t10-/m0/s1. The highest BCUT2D eigenvalue weighted by molar-refractivity contribution is 6.16. The number of carbonyl (C=O) groups is 1. The van der Waals surface area contributed by atoms with Crippen LogP contribution in [0.4, 0.5) is 4.39 Å². The average molecular weight is 341 g/mol. The first-order valence-electron chi connectivity index (χ1n) is 7.63. The molecule has 7 heteroatoms. The van der Waals surface area contributed by atoms with E-state index >= 15 is 0 Å². The summed E-state index contributed by atoms with van der Waals surface area (Å²) in [6.45, 7) is 3.99. The third-order valence-corrected chi connectivity index (χ3v) is 4.22. The Hall–Kier alpha value is -1.66. The van der Waals surface area contributed by atoms with Gasteiger partial charge >= 0.3 is 5.97 Å². The van der Waals surface area contributed by atoms with Gasteiger partial charge in [0.05, 0.1) is 30.2 Å². The predicted molar refractivity (Wildman–Crippen MR) is 84.1 cm³/mol. The topological polar surface area (TPSA) is 53.3 Å². The highest BCUT2D eigenvalue weighted by atomic mass is 35.5. The van der Waals surface area contributed by atoms with Gasteiger partial charge in [-0.05, 0) is 25.5 Å². The van der Waals surface area contributed by atoms with Crippen LogP contribution in [-0.2, 0) is 21.9 Å². The van der Waals surface area contributed by atoms with Crippen LogP contribution in [-0.4, -0.2) is 35.3 Å². The summed E-state index contributed by atoms with van der Waals surface area (Å²) in [6, 6.07) is 2.78. The van der Waals surface area contributed by atoms with Crippen LogP contribution in [0.15, 0.2) is 12.1 Å². The molecule has 1 aromatic heterocycles. The van der Waals surface area contributed by atoms with Crippen LogP contribution in [0.3, 0.4) is 0 Å². The van der Waals surface area contributed by atoms with Crippen LogP contribution in [0.2, 0.25) is 0 Å². The van der Waals surface area contributed by atoms with Crippen molar-refractivity contribution in [1.82, 2.24) is 9.55 Å². The second kappa shape index (κ2) is 6.84. The number of fused-ring (bicyclic) bond motifs is 1. The number of imidazole rings is 1. The number of esters is 1. The highest BCUT2D eigenvalue weighted by Gasteiger charge is 2.22. The quantitative estimate of drug-likeness (QED) is 0.620. The summed E-state index contributed by atoms with van der Waals surface area (Å²) in [7, 11) is 0. The van der Waals surface area contributed by atoms with Gasteiger partial charge in [0.15, 0.2) is 5.82 Å². The lowest BCUT2D eigenvalue weighted by Gasteiger charge is -2.12. The van der Waals surface area contributed by atoms with E-state index in [9.17, 15) is 9.18 Å². The first-order chi connectivity index (χ1) is 11.1. The van der Waals surface area contributed by atoms with Crippen molar-refractivity contribution in [2.45, 2.75) is 25.8 Å². The first-order valence-corrected chi connectivity index (χ1v) is 8.17.